The van der Waals surface area contributed by atoms with E-state index < -0.39 is 0 Å². The van der Waals surface area contributed by atoms with Crippen molar-refractivity contribution < 1.29 is 13.9 Å². The van der Waals surface area contributed by atoms with Gasteiger partial charge in [0.15, 0.2) is 6.61 Å². The molecule has 3 aromatic rings. The van der Waals surface area contributed by atoms with Crippen LogP contribution >= 0.6 is 0 Å². The standard InChI is InChI=1S/C17H17N3O3/c1-21-14-9-7-13(8-10-14)18-11-16-19-20-17(23-16)12-22-15-5-3-2-4-6-15/h2-10,18H,11-12H2,1H3. The van der Waals surface area contributed by atoms with Crippen LogP contribution < -0.4 is 14.8 Å². The third-order valence-corrected chi connectivity index (χ3v) is 3.15. The molecule has 1 heterocycles. The molecule has 6 heteroatoms. The number of ether oxygens (including phenoxy) is 2. The molecule has 0 aliphatic carbocycles. The molecule has 0 unspecified atom stereocenters. The van der Waals surface area contributed by atoms with Crippen LogP contribution in [0.2, 0.25) is 0 Å². The van der Waals surface area contributed by atoms with Gasteiger partial charge in [-0.15, -0.1) is 10.2 Å². The van der Waals surface area contributed by atoms with Crippen molar-refractivity contribution in [2.75, 3.05) is 12.4 Å². The molecule has 0 aliphatic rings. The summed E-state index contributed by atoms with van der Waals surface area (Å²) in [7, 11) is 1.64. The van der Waals surface area contributed by atoms with E-state index in [1.54, 1.807) is 7.11 Å². The van der Waals surface area contributed by atoms with Crippen molar-refractivity contribution in [2.45, 2.75) is 13.2 Å². The molecule has 2 aromatic carbocycles. The second-order valence-corrected chi connectivity index (χ2v) is 4.77. The third kappa shape index (κ3) is 4.23. The highest BCUT2D eigenvalue weighted by Gasteiger charge is 2.06. The van der Waals surface area contributed by atoms with Gasteiger partial charge in [-0.2, -0.15) is 0 Å². The molecule has 6 nitrogen and oxygen atoms in total. The van der Waals surface area contributed by atoms with E-state index in [0.717, 1.165) is 17.2 Å². The molecule has 1 aromatic heterocycles. The molecule has 0 amide bonds. The maximum Gasteiger partial charge on any atom is 0.253 e. The second-order valence-electron chi connectivity index (χ2n) is 4.77. The van der Waals surface area contributed by atoms with E-state index in [0.29, 0.717) is 18.3 Å². The van der Waals surface area contributed by atoms with Gasteiger partial charge in [0, 0.05) is 5.69 Å². The molecule has 0 radical (unpaired) electrons. The SMILES string of the molecule is COc1ccc(NCc2nnc(COc3ccccc3)o2)cc1. The summed E-state index contributed by atoms with van der Waals surface area (Å²) in [6.45, 7) is 0.699. The Bertz CT molecular complexity index is 726. The van der Waals surface area contributed by atoms with Crippen molar-refractivity contribution in [3.63, 3.8) is 0 Å². The number of methoxy groups -OCH3 is 1. The number of benzene rings is 2. The zero-order chi connectivity index (χ0) is 15.9. The molecule has 0 aliphatic heterocycles. The molecule has 0 atom stereocenters. The normalized spacial score (nSPS) is 10.3. The fraction of sp³-hybridized carbons (Fsp3) is 0.176. The zero-order valence-corrected chi connectivity index (χ0v) is 12.7. The van der Waals surface area contributed by atoms with Gasteiger partial charge in [0.25, 0.3) is 5.89 Å². The summed E-state index contributed by atoms with van der Waals surface area (Å²) in [5.74, 6) is 2.53. The number of nitrogens with one attached hydrogen (secondary N) is 1. The van der Waals surface area contributed by atoms with Crippen LogP contribution in [0, 0.1) is 0 Å². The minimum atomic E-state index is 0.250. The summed E-state index contributed by atoms with van der Waals surface area (Å²) in [6.07, 6.45) is 0. The van der Waals surface area contributed by atoms with Gasteiger partial charge in [0.2, 0.25) is 5.89 Å². The number of para-hydroxylation sites is 1. The van der Waals surface area contributed by atoms with Crippen LogP contribution in [0.1, 0.15) is 11.8 Å². The quantitative estimate of drug-likeness (QED) is 0.722. The summed E-state index contributed by atoms with van der Waals surface area (Å²) in [4.78, 5) is 0. The molecular formula is C17H17N3O3. The molecule has 0 spiro atoms. The topological polar surface area (TPSA) is 69.4 Å². The Morgan fingerprint density at radius 3 is 2.39 bits per heavy atom. The Morgan fingerprint density at radius 2 is 1.65 bits per heavy atom. The van der Waals surface area contributed by atoms with Crippen molar-refractivity contribution in [3.8, 4) is 11.5 Å². The molecule has 23 heavy (non-hydrogen) atoms. The molecule has 3 rings (SSSR count). The van der Waals surface area contributed by atoms with Gasteiger partial charge in [0.1, 0.15) is 11.5 Å². The minimum Gasteiger partial charge on any atom is -0.497 e. The highest BCUT2D eigenvalue weighted by molar-refractivity contribution is 5.46. The van der Waals surface area contributed by atoms with Crippen LogP contribution in [0.15, 0.2) is 59.0 Å². The van der Waals surface area contributed by atoms with E-state index in [2.05, 4.69) is 15.5 Å². The van der Waals surface area contributed by atoms with E-state index in [1.165, 1.54) is 0 Å². The molecule has 0 saturated heterocycles. The van der Waals surface area contributed by atoms with Gasteiger partial charge in [-0.25, -0.2) is 0 Å². The third-order valence-electron chi connectivity index (χ3n) is 3.15. The number of rotatable bonds is 7. The van der Waals surface area contributed by atoms with Crippen molar-refractivity contribution >= 4 is 5.69 Å². The lowest BCUT2D eigenvalue weighted by Gasteiger charge is -2.04. The highest BCUT2D eigenvalue weighted by atomic mass is 16.5. The average Bonchev–Trinajstić information content (AvgIpc) is 3.07. The fourth-order valence-corrected chi connectivity index (χ4v) is 1.97. The maximum absolute atomic E-state index is 5.56. The average molecular weight is 311 g/mol. The van der Waals surface area contributed by atoms with Crippen molar-refractivity contribution in [2.24, 2.45) is 0 Å². The summed E-state index contributed by atoms with van der Waals surface area (Å²) < 4.78 is 16.2. The van der Waals surface area contributed by atoms with Crippen LogP contribution in [0.3, 0.4) is 0 Å². The number of anilines is 1. The van der Waals surface area contributed by atoms with E-state index in [9.17, 15) is 0 Å². The molecule has 0 fully saturated rings. The summed E-state index contributed by atoms with van der Waals surface area (Å²) >= 11 is 0. The fourth-order valence-electron chi connectivity index (χ4n) is 1.97. The maximum atomic E-state index is 5.56. The van der Waals surface area contributed by atoms with Gasteiger partial charge in [0.05, 0.1) is 13.7 Å². The largest absolute Gasteiger partial charge is 0.497 e. The zero-order valence-electron chi connectivity index (χ0n) is 12.7. The van der Waals surface area contributed by atoms with Crippen LogP contribution in [0.5, 0.6) is 11.5 Å². The van der Waals surface area contributed by atoms with Gasteiger partial charge >= 0.3 is 0 Å². The van der Waals surface area contributed by atoms with Crippen molar-refractivity contribution in [3.05, 3.63) is 66.4 Å². The Hall–Kier alpha value is -3.02. The Labute approximate surface area is 134 Å². The number of nitrogens with zero attached hydrogens (tertiary/aromatic N) is 2. The first kappa shape index (κ1) is 14.9. The summed E-state index contributed by atoms with van der Waals surface area (Å²) in [5, 5.41) is 11.2. The molecule has 1 N–H and O–H groups in total. The van der Waals surface area contributed by atoms with E-state index in [1.807, 2.05) is 54.6 Å². The van der Waals surface area contributed by atoms with E-state index in [-0.39, 0.29) is 6.61 Å². The lowest BCUT2D eigenvalue weighted by Crippen LogP contribution is -1.99. The Morgan fingerprint density at radius 1 is 0.913 bits per heavy atom. The predicted octanol–water partition coefficient (Wildman–Crippen LogP) is 3.27. The number of aromatic nitrogens is 2. The van der Waals surface area contributed by atoms with Crippen LogP contribution in [-0.4, -0.2) is 17.3 Å². The van der Waals surface area contributed by atoms with E-state index >= 15 is 0 Å². The van der Waals surface area contributed by atoms with Crippen LogP contribution in [0.4, 0.5) is 5.69 Å². The smallest absolute Gasteiger partial charge is 0.253 e. The predicted molar refractivity (Wildman–Crippen MR) is 85.4 cm³/mol. The lowest BCUT2D eigenvalue weighted by atomic mass is 10.3. The minimum absolute atomic E-state index is 0.250. The van der Waals surface area contributed by atoms with E-state index in [4.69, 9.17) is 13.9 Å². The summed E-state index contributed by atoms with van der Waals surface area (Å²) in [5.41, 5.74) is 0.950. The van der Waals surface area contributed by atoms with Gasteiger partial charge in [-0.3, -0.25) is 0 Å². The number of hydrogen-bond acceptors (Lipinski definition) is 6. The van der Waals surface area contributed by atoms with Crippen LogP contribution in [0.25, 0.3) is 0 Å². The molecule has 0 bridgehead atoms. The Kier molecular flexibility index (Phi) is 4.73. The molecule has 0 saturated carbocycles. The van der Waals surface area contributed by atoms with Gasteiger partial charge < -0.3 is 19.2 Å². The Balaban J connectivity index is 1.50. The lowest BCUT2D eigenvalue weighted by molar-refractivity contribution is 0.259. The van der Waals surface area contributed by atoms with Gasteiger partial charge in [-0.1, -0.05) is 18.2 Å². The second kappa shape index (κ2) is 7.31. The summed E-state index contributed by atoms with van der Waals surface area (Å²) in [6, 6.07) is 17.1. The first-order valence-corrected chi connectivity index (χ1v) is 7.20. The van der Waals surface area contributed by atoms with Crippen LogP contribution in [-0.2, 0) is 13.2 Å². The first-order chi connectivity index (χ1) is 11.3. The van der Waals surface area contributed by atoms with Crippen molar-refractivity contribution in [1.29, 1.82) is 0 Å². The van der Waals surface area contributed by atoms with Crippen molar-refractivity contribution in [1.82, 2.24) is 10.2 Å². The highest BCUT2D eigenvalue weighted by Crippen LogP contribution is 2.16. The molecular weight excluding hydrogens is 294 g/mol. The first-order valence-electron chi connectivity index (χ1n) is 7.20. The van der Waals surface area contributed by atoms with Gasteiger partial charge in [-0.05, 0) is 36.4 Å². The molecule has 118 valence electrons. The number of hydrogen-bond donors (Lipinski definition) is 1. The monoisotopic (exact) mass is 311 g/mol.